The molecule has 2 aromatic heterocycles. The molecule has 0 aliphatic carbocycles. The molecule has 0 spiro atoms. The normalized spacial score (nSPS) is 11.7. The molecule has 0 unspecified atom stereocenters. The van der Waals surface area contributed by atoms with Crippen LogP contribution in [0.4, 0.5) is 4.39 Å². The third kappa shape index (κ3) is 2.21. The summed E-state index contributed by atoms with van der Waals surface area (Å²) in [4.78, 5) is 4.57. The molecule has 132 valence electrons. The summed E-state index contributed by atoms with van der Waals surface area (Å²) < 4.78 is 17.4. The molecule has 0 aliphatic rings. The third-order valence-electron chi connectivity index (χ3n) is 5.45. The van der Waals surface area contributed by atoms with Crippen molar-refractivity contribution in [1.82, 2.24) is 9.38 Å². The Hall–Kier alpha value is -3.20. The Morgan fingerprint density at radius 1 is 0.852 bits per heavy atom. The average Bonchev–Trinajstić information content (AvgIpc) is 3.12. The van der Waals surface area contributed by atoms with E-state index in [4.69, 9.17) is 0 Å². The van der Waals surface area contributed by atoms with Gasteiger partial charge in [-0.2, -0.15) is 0 Å². The van der Waals surface area contributed by atoms with E-state index in [1.807, 2.05) is 44.3 Å². The standard InChI is InChI=1S/C24H19FN2/c1-14-7-10-20-18(13-14)22-17(24-26-11-12-27(20)24)8-9-19(25)23(22)21-15(2)5-4-6-16(21)3/h4-13H,1-3H3. The summed E-state index contributed by atoms with van der Waals surface area (Å²) in [5.41, 5.74) is 6.84. The Morgan fingerprint density at radius 2 is 1.63 bits per heavy atom. The van der Waals surface area contributed by atoms with E-state index in [1.165, 1.54) is 0 Å². The first-order valence-corrected chi connectivity index (χ1v) is 9.10. The van der Waals surface area contributed by atoms with Crippen LogP contribution in [0.2, 0.25) is 0 Å². The van der Waals surface area contributed by atoms with E-state index >= 15 is 4.39 Å². The van der Waals surface area contributed by atoms with Gasteiger partial charge in [0.05, 0.1) is 5.52 Å². The van der Waals surface area contributed by atoms with Gasteiger partial charge < -0.3 is 0 Å². The van der Waals surface area contributed by atoms with Gasteiger partial charge in [-0.3, -0.25) is 4.40 Å². The fraction of sp³-hybridized carbons (Fsp3) is 0.125. The lowest BCUT2D eigenvalue weighted by molar-refractivity contribution is 0.633. The first kappa shape index (κ1) is 16.0. The lowest BCUT2D eigenvalue weighted by Crippen LogP contribution is -1.97. The molecule has 5 aromatic rings. The van der Waals surface area contributed by atoms with E-state index in [0.717, 1.165) is 49.6 Å². The molecule has 0 bridgehead atoms. The number of fused-ring (bicyclic) bond motifs is 6. The molecule has 0 atom stereocenters. The second-order valence-corrected chi connectivity index (χ2v) is 7.25. The molecule has 0 N–H and O–H groups in total. The molecule has 5 rings (SSSR count). The SMILES string of the molecule is Cc1ccc2c(c1)c1c(-c3c(C)cccc3C)c(F)ccc1c1nccn21. The fourth-order valence-corrected chi connectivity index (χ4v) is 4.25. The van der Waals surface area contributed by atoms with Crippen LogP contribution in [0.15, 0.2) is 60.9 Å². The highest BCUT2D eigenvalue weighted by atomic mass is 19.1. The van der Waals surface area contributed by atoms with Crippen molar-refractivity contribution >= 4 is 27.3 Å². The van der Waals surface area contributed by atoms with E-state index in [0.29, 0.717) is 5.56 Å². The molecule has 2 nitrogen and oxygen atoms in total. The van der Waals surface area contributed by atoms with E-state index in [1.54, 1.807) is 12.3 Å². The van der Waals surface area contributed by atoms with Gasteiger partial charge in [0.2, 0.25) is 0 Å². The number of aryl methyl sites for hydroxylation is 3. The van der Waals surface area contributed by atoms with Crippen molar-refractivity contribution in [3.05, 3.63) is 83.4 Å². The first-order chi connectivity index (χ1) is 13.1. The van der Waals surface area contributed by atoms with Crippen molar-refractivity contribution in [3.63, 3.8) is 0 Å². The van der Waals surface area contributed by atoms with Gasteiger partial charge in [-0.1, -0.05) is 29.8 Å². The number of pyridine rings is 1. The molecule has 0 radical (unpaired) electrons. The number of hydrogen-bond donors (Lipinski definition) is 0. The monoisotopic (exact) mass is 354 g/mol. The number of hydrogen-bond acceptors (Lipinski definition) is 1. The molecule has 0 saturated heterocycles. The highest BCUT2D eigenvalue weighted by molar-refractivity contribution is 6.18. The maximum atomic E-state index is 15.3. The molecule has 3 aromatic carbocycles. The van der Waals surface area contributed by atoms with Crippen molar-refractivity contribution in [2.45, 2.75) is 20.8 Å². The van der Waals surface area contributed by atoms with E-state index < -0.39 is 0 Å². The van der Waals surface area contributed by atoms with E-state index in [2.05, 4.69) is 34.5 Å². The van der Waals surface area contributed by atoms with Crippen LogP contribution >= 0.6 is 0 Å². The molecule has 0 fully saturated rings. The van der Waals surface area contributed by atoms with Crippen LogP contribution in [-0.2, 0) is 0 Å². The highest BCUT2D eigenvalue weighted by Crippen LogP contribution is 2.40. The number of nitrogens with zero attached hydrogens (tertiary/aromatic N) is 2. The molecular weight excluding hydrogens is 335 g/mol. The number of rotatable bonds is 1. The summed E-state index contributed by atoms with van der Waals surface area (Å²) in [7, 11) is 0. The Bertz CT molecular complexity index is 1340. The maximum absolute atomic E-state index is 15.3. The Morgan fingerprint density at radius 3 is 2.41 bits per heavy atom. The van der Waals surface area contributed by atoms with Gasteiger partial charge in [-0.15, -0.1) is 0 Å². The van der Waals surface area contributed by atoms with Crippen LogP contribution in [0.1, 0.15) is 16.7 Å². The lowest BCUT2D eigenvalue weighted by atomic mass is 9.89. The molecule has 0 amide bonds. The number of imidazole rings is 1. The van der Waals surface area contributed by atoms with Gasteiger partial charge in [-0.25, -0.2) is 9.37 Å². The minimum Gasteiger partial charge on any atom is -0.299 e. The van der Waals surface area contributed by atoms with E-state index in [9.17, 15) is 0 Å². The molecular formula is C24H19FN2. The zero-order chi connectivity index (χ0) is 18.7. The van der Waals surface area contributed by atoms with Gasteiger partial charge in [0, 0.05) is 34.1 Å². The average molecular weight is 354 g/mol. The minimum atomic E-state index is -0.196. The fourth-order valence-electron chi connectivity index (χ4n) is 4.25. The summed E-state index contributed by atoms with van der Waals surface area (Å²) in [6.45, 7) is 6.16. The summed E-state index contributed by atoms with van der Waals surface area (Å²) in [5.74, 6) is -0.196. The van der Waals surface area contributed by atoms with Crippen molar-refractivity contribution in [3.8, 4) is 11.1 Å². The van der Waals surface area contributed by atoms with Gasteiger partial charge >= 0.3 is 0 Å². The first-order valence-electron chi connectivity index (χ1n) is 9.10. The number of aromatic nitrogens is 2. The second kappa shape index (κ2) is 5.65. The van der Waals surface area contributed by atoms with Crippen molar-refractivity contribution in [1.29, 1.82) is 0 Å². The van der Waals surface area contributed by atoms with Crippen molar-refractivity contribution in [2.24, 2.45) is 0 Å². The van der Waals surface area contributed by atoms with Gasteiger partial charge in [0.1, 0.15) is 11.5 Å². The Labute approximate surface area is 156 Å². The van der Waals surface area contributed by atoms with Crippen LogP contribution in [-0.4, -0.2) is 9.38 Å². The second-order valence-electron chi connectivity index (χ2n) is 7.25. The quantitative estimate of drug-likeness (QED) is 0.320. The summed E-state index contributed by atoms with van der Waals surface area (Å²) >= 11 is 0. The van der Waals surface area contributed by atoms with Crippen LogP contribution in [0.25, 0.3) is 38.4 Å². The molecule has 3 heteroatoms. The van der Waals surface area contributed by atoms with Gasteiger partial charge in [-0.05, 0) is 61.7 Å². The highest BCUT2D eigenvalue weighted by Gasteiger charge is 2.19. The summed E-state index contributed by atoms with van der Waals surface area (Å²) in [6, 6.07) is 15.9. The Kier molecular flexibility index (Phi) is 3.35. The molecule has 0 saturated carbocycles. The zero-order valence-corrected chi connectivity index (χ0v) is 15.5. The predicted molar refractivity (Wildman–Crippen MR) is 110 cm³/mol. The van der Waals surface area contributed by atoms with Crippen LogP contribution in [0, 0.1) is 26.6 Å². The maximum Gasteiger partial charge on any atom is 0.145 e. The van der Waals surface area contributed by atoms with Crippen LogP contribution < -0.4 is 0 Å². The van der Waals surface area contributed by atoms with E-state index in [-0.39, 0.29) is 5.82 Å². The van der Waals surface area contributed by atoms with Crippen molar-refractivity contribution < 1.29 is 4.39 Å². The smallest absolute Gasteiger partial charge is 0.145 e. The molecule has 2 heterocycles. The summed E-state index contributed by atoms with van der Waals surface area (Å²) in [6.07, 6.45) is 3.77. The number of benzene rings is 3. The van der Waals surface area contributed by atoms with Gasteiger partial charge in [0.25, 0.3) is 0 Å². The van der Waals surface area contributed by atoms with Crippen molar-refractivity contribution in [2.75, 3.05) is 0 Å². The van der Waals surface area contributed by atoms with Crippen LogP contribution in [0.5, 0.6) is 0 Å². The topological polar surface area (TPSA) is 17.3 Å². The lowest BCUT2D eigenvalue weighted by Gasteiger charge is -2.17. The van der Waals surface area contributed by atoms with Crippen LogP contribution in [0.3, 0.4) is 0 Å². The molecule has 0 aliphatic heterocycles. The largest absolute Gasteiger partial charge is 0.299 e. The molecule has 27 heavy (non-hydrogen) atoms. The number of halogens is 1. The van der Waals surface area contributed by atoms with Gasteiger partial charge in [0.15, 0.2) is 0 Å². The third-order valence-corrected chi connectivity index (χ3v) is 5.45. The minimum absolute atomic E-state index is 0.196. The Balaban J connectivity index is 2.13. The zero-order valence-electron chi connectivity index (χ0n) is 15.5. The predicted octanol–water partition coefficient (Wildman–Crippen LogP) is 6.37. The summed E-state index contributed by atoms with van der Waals surface area (Å²) in [5, 5.41) is 2.95.